The standard InChI is InChI=1S/C29H28N4O4/c1-4-36-28(34)25-26(21-11-6-5-7-12-21)32-29-30-18-31-33(29)27(25)22-13-14-23(24(16-22)35-3)37-17-20-10-8-9-19(2)15-20/h5-16,18,27H,4,17H2,1-3H3,(H,30,31,32)/t27-/m0/s1. The second kappa shape index (κ2) is 10.6. The third-order valence-electron chi connectivity index (χ3n) is 6.14. The van der Waals surface area contributed by atoms with Crippen LogP contribution in [-0.4, -0.2) is 34.5 Å². The van der Waals surface area contributed by atoms with E-state index >= 15 is 0 Å². The smallest absolute Gasteiger partial charge is 0.338 e. The zero-order valence-electron chi connectivity index (χ0n) is 21.0. The van der Waals surface area contributed by atoms with E-state index in [4.69, 9.17) is 14.2 Å². The minimum atomic E-state index is -0.590. The number of ether oxygens (including phenoxy) is 3. The first-order chi connectivity index (χ1) is 18.1. The van der Waals surface area contributed by atoms with Gasteiger partial charge in [0.25, 0.3) is 0 Å². The Morgan fingerprint density at radius 1 is 1.03 bits per heavy atom. The van der Waals surface area contributed by atoms with E-state index in [0.717, 1.165) is 16.7 Å². The minimum absolute atomic E-state index is 0.246. The van der Waals surface area contributed by atoms with Gasteiger partial charge in [-0.25, -0.2) is 9.48 Å². The zero-order valence-corrected chi connectivity index (χ0v) is 21.0. The van der Waals surface area contributed by atoms with Crippen LogP contribution < -0.4 is 14.8 Å². The van der Waals surface area contributed by atoms with Crippen molar-refractivity contribution in [3.05, 3.63) is 107 Å². The maximum atomic E-state index is 13.4. The predicted octanol–water partition coefficient (Wildman–Crippen LogP) is 5.16. The lowest BCUT2D eigenvalue weighted by atomic mass is 9.92. The molecule has 1 aromatic heterocycles. The molecular weight excluding hydrogens is 468 g/mol. The lowest BCUT2D eigenvalue weighted by molar-refractivity contribution is -0.138. The molecule has 0 saturated heterocycles. The number of rotatable bonds is 8. The summed E-state index contributed by atoms with van der Waals surface area (Å²) in [4.78, 5) is 17.7. The van der Waals surface area contributed by atoms with Crippen LogP contribution in [0.3, 0.4) is 0 Å². The van der Waals surface area contributed by atoms with Crippen molar-refractivity contribution in [3.63, 3.8) is 0 Å². The summed E-state index contributed by atoms with van der Waals surface area (Å²) in [7, 11) is 1.60. The van der Waals surface area contributed by atoms with E-state index < -0.39 is 12.0 Å². The number of hydrogen-bond donors (Lipinski definition) is 1. The molecule has 1 N–H and O–H groups in total. The van der Waals surface area contributed by atoms with Crippen LogP contribution in [0.4, 0.5) is 5.95 Å². The maximum absolute atomic E-state index is 13.4. The van der Waals surface area contributed by atoms with Gasteiger partial charge in [0.1, 0.15) is 19.0 Å². The summed E-state index contributed by atoms with van der Waals surface area (Å²) in [5.41, 5.74) is 4.92. The number of methoxy groups -OCH3 is 1. The van der Waals surface area contributed by atoms with Gasteiger partial charge in [-0.05, 0) is 42.7 Å². The Bertz CT molecular complexity index is 1450. The number of fused-ring (bicyclic) bond motifs is 1. The molecule has 1 aliphatic rings. The highest BCUT2D eigenvalue weighted by Gasteiger charge is 2.36. The number of hydrogen-bond acceptors (Lipinski definition) is 7. The molecule has 8 heteroatoms. The first kappa shape index (κ1) is 24.1. The average Bonchev–Trinajstić information content (AvgIpc) is 3.40. The Balaban J connectivity index is 1.57. The molecule has 0 bridgehead atoms. The molecule has 0 saturated carbocycles. The van der Waals surface area contributed by atoms with E-state index in [1.165, 1.54) is 11.9 Å². The summed E-state index contributed by atoms with van der Waals surface area (Å²) in [5.74, 6) is 1.25. The first-order valence-corrected chi connectivity index (χ1v) is 12.1. The highest BCUT2D eigenvalue weighted by atomic mass is 16.5. The van der Waals surface area contributed by atoms with Gasteiger partial charge in [0.05, 0.1) is 25.0 Å². The topological polar surface area (TPSA) is 87.5 Å². The molecule has 0 unspecified atom stereocenters. The van der Waals surface area contributed by atoms with Crippen molar-refractivity contribution in [2.45, 2.75) is 26.5 Å². The summed E-state index contributed by atoms with van der Waals surface area (Å²) >= 11 is 0. The van der Waals surface area contributed by atoms with Crippen LogP contribution in [-0.2, 0) is 16.1 Å². The normalized spacial score (nSPS) is 14.5. The average molecular weight is 497 g/mol. The number of nitrogens with zero attached hydrogens (tertiary/aromatic N) is 3. The Hall–Kier alpha value is -4.59. The monoisotopic (exact) mass is 496 g/mol. The molecule has 1 atom stereocenters. The van der Waals surface area contributed by atoms with Crippen LogP contribution in [0.25, 0.3) is 5.70 Å². The second-order valence-electron chi connectivity index (χ2n) is 8.62. The van der Waals surface area contributed by atoms with Gasteiger partial charge < -0.3 is 19.5 Å². The fourth-order valence-electron chi connectivity index (χ4n) is 4.47. The van der Waals surface area contributed by atoms with E-state index in [-0.39, 0.29) is 6.61 Å². The summed E-state index contributed by atoms with van der Waals surface area (Å²) in [6.45, 7) is 4.49. The maximum Gasteiger partial charge on any atom is 0.338 e. The van der Waals surface area contributed by atoms with E-state index in [2.05, 4.69) is 34.5 Å². The van der Waals surface area contributed by atoms with Gasteiger partial charge in [0.2, 0.25) is 5.95 Å². The van der Waals surface area contributed by atoms with Crippen molar-refractivity contribution < 1.29 is 19.0 Å². The number of carbonyl (C=O) groups excluding carboxylic acids is 1. The lowest BCUT2D eigenvalue weighted by Gasteiger charge is -2.30. The zero-order chi connectivity index (χ0) is 25.8. The van der Waals surface area contributed by atoms with Crippen molar-refractivity contribution in [2.24, 2.45) is 0 Å². The number of benzene rings is 3. The molecule has 0 fully saturated rings. The van der Waals surface area contributed by atoms with Crippen molar-refractivity contribution in [1.29, 1.82) is 0 Å². The van der Waals surface area contributed by atoms with Gasteiger partial charge in [0.15, 0.2) is 11.5 Å². The summed E-state index contributed by atoms with van der Waals surface area (Å²) in [6.07, 6.45) is 1.46. The number of esters is 1. The van der Waals surface area contributed by atoms with Crippen LogP contribution in [0, 0.1) is 6.92 Å². The van der Waals surface area contributed by atoms with E-state index in [1.54, 1.807) is 18.7 Å². The van der Waals surface area contributed by atoms with Crippen molar-refractivity contribution >= 4 is 17.6 Å². The Morgan fingerprint density at radius 3 is 2.62 bits per heavy atom. The van der Waals surface area contributed by atoms with Crippen LogP contribution in [0.5, 0.6) is 11.5 Å². The van der Waals surface area contributed by atoms with Gasteiger partial charge >= 0.3 is 5.97 Å². The molecule has 8 nitrogen and oxygen atoms in total. The van der Waals surface area contributed by atoms with Crippen molar-refractivity contribution in [1.82, 2.24) is 14.8 Å². The molecule has 4 aromatic rings. The van der Waals surface area contributed by atoms with Gasteiger partial charge in [-0.2, -0.15) is 10.1 Å². The molecule has 0 radical (unpaired) electrons. The molecule has 0 spiro atoms. The third kappa shape index (κ3) is 4.91. The van der Waals surface area contributed by atoms with Gasteiger partial charge in [-0.1, -0.05) is 66.2 Å². The summed E-state index contributed by atoms with van der Waals surface area (Å²) < 4.78 is 19.0. The fraction of sp³-hybridized carbons (Fsp3) is 0.207. The number of aryl methyl sites for hydroxylation is 1. The minimum Gasteiger partial charge on any atom is -0.493 e. The third-order valence-corrected chi connectivity index (χ3v) is 6.14. The molecule has 37 heavy (non-hydrogen) atoms. The molecule has 1 aliphatic heterocycles. The molecule has 2 heterocycles. The Kier molecular flexibility index (Phi) is 6.89. The Labute approximate surface area is 215 Å². The van der Waals surface area contributed by atoms with Gasteiger partial charge in [-0.15, -0.1) is 0 Å². The molecule has 0 amide bonds. The molecular formula is C29H28N4O4. The molecule has 5 rings (SSSR count). The van der Waals surface area contributed by atoms with Crippen molar-refractivity contribution in [2.75, 3.05) is 19.0 Å². The fourth-order valence-corrected chi connectivity index (χ4v) is 4.47. The summed E-state index contributed by atoms with van der Waals surface area (Å²) in [6, 6.07) is 22.9. The van der Waals surface area contributed by atoms with E-state index in [0.29, 0.717) is 35.3 Å². The number of anilines is 1. The van der Waals surface area contributed by atoms with Gasteiger partial charge in [-0.3, -0.25) is 0 Å². The van der Waals surface area contributed by atoms with Crippen LogP contribution >= 0.6 is 0 Å². The second-order valence-corrected chi connectivity index (χ2v) is 8.62. The van der Waals surface area contributed by atoms with Crippen LogP contribution in [0.1, 0.15) is 35.2 Å². The van der Waals surface area contributed by atoms with Crippen LogP contribution in [0.15, 0.2) is 84.7 Å². The van der Waals surface area contributed by atoms with Crippen molar-refractivity contribution in [3.8, 4) is 11.5 Å². The highest BCUT2D eigenvalue weighted by molar-refractivity contribution is 6.02. The van der Waals surface area contributed by atoms with Gasteiger partial charge in [0, 0.05) is 0 Å². The Morgan fingerprint density at radius 2 is 1.86 bits per heavy atom. The highest BCUT2D eigenvalue weighted by Crippen LogP contribution is 2.41. The summed E-state index contributed by atoms with van der Waals surface area (Å²) in [5, 5.41) is 7.70. The number of carbonyl (C=O) groups is 1. The SMILES string of the molecule is CCOC(=O)C1=C(c2ccccc2)Nc2ncnn2[C@H]1c1ccc(OCc2cccc(C)c2)c(OC)c1. The molecule has 3 aromatic carbocycles. The van der Waals surface area contributed by atoms with E-state index in [1.807, 2.05) is 60.7 Å². The molecule has 0 aliphatic carbocycles. The largest absolute Gasteiger partial charge is 0.493 e. The van der Waals surface area contributed by atoms with E-state index in [9.17, 15) is 4.79 Å². The number of nitrogens with one attached hydrogen (secondary N) is 1. The lowest BCUT2D eigenvalue weighted by Crippen LogP contribution is -2.30. The first-order valence-electron chi connectivity index (χ1n) is 12.1. The van der Waals surface area contributed by atoms with Crippen LogP contribution in [0.2, 0.25) is 0 Å². The predicted molar refractivity (Wildman–Crippen MR) is 140 cm³/mol. The quantitative estimate of drug-likeness (QED) is 0.337. The molecule has 188 valence electrons. The number of aromatic nitrogens is 3.